The van der Waals surface area contributed by atoms with Crippen molar-refractivity contribution >= 4 is 18.0 Å². The van der Waals surface area contributed by atoms with E-state index in [1.165, 1.54) is 0 Å². The summed E-state index contributed by atoms with van der Waals surface area (Å²) in [5.41, 5.74) is 6.25. The lowest BCUT2D eigenvalue weighted by atomic mass is 10.1. The highest BCUT2D eigenvalue weighted by Gasteiger charge is 2.35. The zero-order valence-electron chi connectivity index (χ0n) is 21.3. The van der Waals surface area contributed by atoms with E-state index < -0.39 is 11.8 Å². The summed E-state index contributed by atoms with van der Waals surface area (Å²) >= 11 is 0. The van der Waals surface area contributed by atoms with E-state index in [1.807, 2.05) is 85.8 Å². The molecule has 190 valence electrons. The van der Waals surface area contributed by atoms with Crippen molar-refractivity contribution in [2.24, 2.45) is 5.10 Å². The van der Waals surface area contributed by atoms with Gasteiger partial charge < -0.3 is 9.30 Å². The molecule has 4 aromatic carbocycles. The van der Waals surface area contributed by atoms with Crippen molar-refractivity contribution in [2.75, 3.05) is 6.61 Å². The second-order valence-electron chi connectivity index (χ2n) is 9.04. The minimum absolute atomic E-state index is 0.361. The number of imide groups is 1. The van der Waals surface area contributed by atoms with E-state index in [-0.39, 0.29) is 0 Å². The van der Waals surface area contributed by atoms with E-state index in [9.17, 15) is 9.59 Å². The Morgan fingerprint density at radius 3 is 1.87 bits per heavy atom. The highest BCUT2D eigenvalue weighted by atomic mass is 16.5. The first-order chi connectivity index (χ1) is 19.2. The molecule has 0 unspecified atom stereocenters. The third-order valence-electron chi connectivity index (χ3n) is 6.64. The number of ether oxygens (including phenoxy) is 1. The SMILES string of the molecule is CCOc1ccc(-n2c(-c3ccccc3)cc(/C=N\N3C(=O)c4ccccc4C3=O)c2-c2ccccc2)cc1. The lowest BCUT2D eigenvalue weighted by Gasteiger charge is -2.16. The lowest BCUT2D eigenvalue weighted by Crippen LogP contribution is -2.24. The molecule has 1 aliphatic heterocycles. The monoisotopic (exact) mass is 511 g/mol. The first kappa shape index (κ1) is 24.1. The van der Waals surface area contributed by atoms with E-state index in [0.717, 1.165) is 44.5 Å². The second kappa shape index (κ2) is 10.3. The van der Waals surface area contributed by atoms with Crippen molar-refractivity contribution in [3.8, 4) is 34.0 Å². The Labute approximate surface area is 226 Å². The molecule has 6 heteroatoms. The minimum Gasteiger partial charge on any atom is -0.494 e. The van der Waals surface area contributed by atoms with Gasteiger partial charge in [0.1, 0.15) is 5.75 Å². The Balaban J connectivity index is 1.53. The second-order valence-corrected chi connectivity index (χ2v) is 9.04. The van der Waals surface area contributed by atoms with Gasteiger partial charge in [0.15, 0.2) is 0 Å². The highest BCUT2D eigenvalue weighted by molar-refractivity contribution is 6.21. The first-order valence-corrected chi connectivity index (χ1v) is 12.8. The standard InChI is InChI=1S/C33H25N3O3/c1-2-39-27-19-17-26(18-20-27)35-30(23-11-5-3-6-12-23)21-25(31(35)24-13-7-4-8-14-24)22-34-36-32(37)28-15-9-10-16-29(28)33(36)38/h3-22H,2H2,1H3/b34-22-. The van der Waals surface area contributed by atoms with Crippen LogP contribution in [0.5, 0.6) is 5.75 Å². The third kappa shape index (κ3) is 4.42. The molecule has 1 aromatic heterocycles. The van der Waals surface area contributed by atoms with Crippen LogP contribution in [-0.2, 0) is 0 Å². The summed E-state index contributed by atoms with van der Waals surface area (Å²) in [5, 5.41) is 5.35. The van der Waals surface area contributed by atoms with Crippen LogP contribution in [0.25, 0.3) is 28.2 Å². The third-order valence-corrected chi connectivity index (χ3v) is 6.64. The summed E-state index contributed by atoms with van der Waals surface area (Å²) in [6.07, 6.45) is 1.60. The maximum atomic E-state index is 13.0. The Morgan fingerprint density at radius 1 is 0.718 bits per heavy atom. The number of amides is 2. The summed E-state index contributed by atoms with van der Waals surface area (Å²) < 4.78 is 7.84. The largest absolute Gasteiger partial charge is 0.494 e. The van der Waals surface area contributed by atoms with E-state index in [2.05, 4.69) is 21.8 Å². The maximum absolute atomic E-state index is 13.0. The topological polar surface area (TPSA) is 63.9 Å². The molecule has 6 nitrogen and oxygen atoms in total. The molecule has 0 saturated carbocycles. The zero-order valence-corrected chi connectivity index (χ0v) is 21.3. The van der Waals surface area contributed by atoms with Gasteiger partial charge in [-0.3, -0.25) is 9.59 Å². The molecule has 0 aliphatic carbocycles. The van der Waals surface area contributed by atoms with Crippen molar-refractivity contribution in [2.45, 2.75) is 6.92 Å². The van der Waals surface area contributed by atoms with Crippen LogP contribution in [-0.4, -0.2) is 34.2 Å². The van der Waals surface area contributed by atoms with Gasteiger partial charge in [-0.1, -0.05) is 72.8 Å². The molecule has 2 heterocycles. The average molecular weight is 512 g/mol. The van der Waals surface area contributed by atoms with Crippen LogP contribution in [0, 0.1) is 0 Å². The van der Waals surface area contributed by atoms with Gasteiger partial charge in [-0.2, -0.15) is 10.1 Å². The van der Waals surface area contributed by atoms with Gasteiger partial charge >= 0.3 is 0 Å². The van der Waals surface area contributed by atoms with E-state index in [4.69, 9.17) is 4.74 Å². The molecule has 0 fully saturated rings. The molecule has 0 spiro atoms. The van der Waals surface area contributed by atoms with E-state index in [1.54, 1.807) is 30.5 Å². The number of rotatable bonds is 7. The van der Waals surface area contributed by atoms with Gasteiger partial charge in [0.05, 0.1) is 35.3 Å². The molecule has 0 radical (unpaired) electrons. The average Bonchev–Trinajstić information content (AvgIpc) is 3.48. The van der Waals surface area contributed by atoms with Crippen LogP contribution in [0.1, 0.15) is 33.2 Å². The van der Waals surface area contributed by atoms with Crippen molar-refractivity contribution in [1.82, 2.24) is 9.58 Å². The number of hydrogen-bond acceptors (Lipinski definition) is 4. The number of hydrazone groups is 1. The molecule has 6 rings (SSSR count). The van der Waals surface area contributed by atoms with Crippen molar-refractivity contribution < 1.29 is 14.3 Å². The summed E-state index contributed by atoms with van der Waals surface area (Å²) in [6, 6.07) is 36.9. The molecule has 0 bridgehead atoms. The molecule has 0 saturated heterocycles. The summed E-state index contributed by atoms with van der Waals surface area (Å²) in [4.78, 5) is 25.9. The van der Waals surface area contributed by atoms with Crippen LogP contribution in [0.2, 0.25) is 0 Å². The molecule has 1 aliphatic rings. The Bertz CT molecular complexity index is 1650. The van der Waals surface area contributed by atoms with Crippen molar-refractivity contribution in [3.63, 3.8) is 0 Å². The minimum atomic E-state index is -0.428. The molecule has 2 amide bonds. The number of nitrogens with zero attached hydrogens (tertiary/aromatic N) is 3. The van der Waals surface area contributed by atoms with Gasteiger partial charge in [0, 0.05) is 11.3 Å². The Kier molecular flexibility index (Phi) is 6.35. The van der Waals surface area contributed by atoms with Gasteiger partial charge in [-0.05, 0) is 60.5 Å². The highest BCUT2D eigenvalue weighted by Crippen LogP contribution is 2.36. The lowest BCUT2D eigenvalue weighted by molar-refractivity contribution is 0.0660. The quantitative estimate of drug-likeness (QED) is 0.178. The molecule has 5 aromatic rings. The van der Waals surface area contributed by atoms with Gasteiger partial charge in [0.25, 0.3) is 11.8 Å². The maximum Gasteiger partial charge on any atom is 0.282 e. The fraction of sp³-hybridized carbons (Fsp3) is 0.0606. The van der Waals surface area contributed by atoms with Crippen LogP contribution in [0.4, 0.5) is 0 Å². The predicted octanol–water partition coefficient (Wildman–Crippen LogP) is 6.84. The van der Waals surface area contributed by atoms with Crippen LogP contribution >= 0.6 is 0 Å². The first-order valence-electron chi connectivity index (χ1n) is 12.8. The number of benzene rings is 4. The molecular formula is C33H25N3O3. The predicted molar refractivity (Wildman–Crippen MR) is 152 cm³/mol. The van der Waals surface area contributed by atoms with Crippen molar-refractivity contribution in [1.29, 1.82) is 0 Å². The summed E-state index contributed by atoms with van der Waals surface area (Å²) in [6.45, 7) is 2.55. The number of fused-ring (bicyclic) bond motifs is 1. The number of carbonyl (C=O) groups is 2. The van der Waals surface area contributed by atoms with Crippen molar-refractivity contribution in [3.05, 3.63) is 132 Å². The molecular weight excluding hydrogens is 486 g/mol. The van der Waals surface area contributed by atoms with E-state index >= 15 is 0 Å². The molecule has 0 atom stereocenters. The van der Waals surface area contributed by atoms with Gasteiger partial charge in [-0.15, -0.1) is 0 Å². The van der Waals surface area contributed by atoms with Gasteiger partial charge in [-0.25, -0.2) is 0 Å². The van der Waals surface area contributed by atoms with Crippen LogP contribution < -0.4 is 4.74 Å². The van der Waals surface area contributed by atoms with Crippen LogP contribution in [0.15, 0.2) is 120 Å². The Morgan fingerprint density at radius 2 is 1.28 bits per heavy atom. The molecule has 0 N–H and O–H groups in total. The number of carbonyl (C=O) groups excluding carboxylic acids is 2. The summed E-state index contributed by atoms with van der Waals surface area (Å²) in [5.74, 6) is -0.0620. The fourth-order valence-electron chi connectivity index (χ4n) is 4.87. The van der Waals surface area contributed by atoms with Crippen LogP contribution in [0.3, 0.4) is 0 Å². The zero-order chi connectivity index (χ0) is 26.8. The number of hydrogen-bond donors (Lipinski definition) is 0. The summed E-state index contributed by atoms with van der Waals surface area (Å²) in [7, 11) is 0. The van der Waals surface area contributed by atoms with Gasteiger partial charge in [0.2, 0.25) is 0 Å². The smallest absolute Gasteiger partial charge is 0.282 e. The normalized spacial score (nSPS) is 12.8. The van der Waals surface area contributed by atoms with E-state index in [0.29, 0.717) is 17.7 Å². The Hall–Kier alpha value is -5.23. The molecule has 39 heavy (non-hydrogen) atoms. The number of aromatic nitrogens is 1. The fourth-order valence-corrected chi connectivity index (χ4v) is 4.87.